The molecule has 0 fully saturated rings. The molecular weight excluding hydrogens is 412 g/mol. The summed E-state index contributed by atoms with van der Waals surface area (Å²) in [4.78, 5) is 0. The molecule has 0 atom stereocenters. The number of nitrogens with one attached hydrogen (secondary N) is 1. The third kappa shape index (κ3) is 4.39. The Morgan fingerprint density at radius 3 is 2.43 bits per heavy atom. The highest BCUT2D eigenvalue weighted by molar-refractivity contribution is 7.92. The van der Waals surface area contributed by atoms with Gasteiger partial charge in [0, 0.05) is 23.7 Å². The predicted molar refractivity (Wildman–Crippen MR) is 112 cm³/mol. The van der Waals surface area contributed by atoms with Gasteiger partial charge in [0.25, 0.3) is 0 Å². The smallest absolute Gasteiger partial charge is 0.387 e. The van der Waals surface area contributed by atoms with Gasteiger partial charge in [0.1, 0.15) is 11.8 Å². The number of sulfonamides is 1. The molecule has 9 heteroatoms. The highest BCUT2D eigenvalue weighted by Crippen LogP contribution is 2.36. The Hall–Kier alpha value is -3.12. The Bertz CT molecular complexity index is 1200. The number of hydrogen-bond acceptors (Lipinski definition) is 4. The molecule has 0 aliphatic heterocycles. The van der Waals surface area contributed by atoms with Crippen molar-refractivity contribution in [3.63, 3.8) is 0 Å². The highest BCUT2D eigenvalue weighted by atomic mass is 32.2. The Morgan fingerprint density at radius 2 is 1.87 bits per heavy atom. The molecule has 1 heterocycles. The predicted octanol–water partition coefficient (Wildman–Crippen LogP) is 4.95. The number of halogens is 2. The maximum Gasteiger partial charge on any atom is 0.387 e. The minimum atomic E-state index is -3.40. The number of nitriles is 1. The van der Waals surface area contributed by atoms with Gasteiger partial charge in [-0.1, -0.05) is 19.1 Å². The molecular formula is C21H21F2N3O3S. The summed E-state index contributed by atoms with van der Waals surface area (Å²) in [6.07, 6.45) is 0.760. The lowest BCUT2D eigenvalue weighted by Gasteiger charge is -2.12. The van der Waals surface area contributed by atoms with Crippen LogP contribution in [0.3, 0.4) is 0 Å². The normalized spacial score (nSPS) is 11.6. The van der Waals surface area contributed by atoms with E-state index in [1.807, 2.05) is 11.5 Å². The molecule has 0 saturated heterocycles. The summed E-state index contributed by atoms with van der Waals surface area (Å²) in [6, 6.07) is 13.4. The number of hydrogen-bond donors (Lipinski definition) is 1. The van der Waals surface area contributed by atoms with Crippen LogP contribution in [-0.4, -0.2) is 25.3 Å². The maximum absolute atomic E-state index is 12.6. The fourth-order valence-electron chi connectivity index (χ4n) is 3.32. The number of aromatic nitrogens is 1. The summed E-state index contributed by atoms with van der Waals surface area (Å²) < 4.78 is 57.7. The van der Waals surface area contributed by atoms with Crippen molar-refractivity contribution < 1.29 is 21.9 Å². The zero-order valence-corrected chi connectivity index (χ0v) is 17.3. The van der Waals surface area contributed by atoms with Gasteiger partial charge in [-0.2, -0.15) is 14.0 Å². The molecule has 0 amide bonds. The molecule has 0 radical (unpaired) electrons. The van der Waals surface area contributed by atoms with Gasteiger partial charge in [-0.15, -0.1) is 0 Å². The summed E-state index contributed by atoms with van der Waals surface area (Å²) >= 11 is 0. The van der Waals surface area contributed by atoms with Gasteiger partial charge in [0.05, 0.1) is 22.5 Å². The number of nitrogens with zero attached hydrogens (tertiary/aromatic N) is 2. The first kappa shape index (κ1) is 21.6. The molecule has 0 bridgehead atoms. The number of fused-ring (bicyclic) bond motifs is 1. The molecule has 3 rings (SSSR count). The lowest BCUT2D eigenvalue weighted by atomic mass is 10.1. The van der Waals surface area contributed by atoms with Gasteiger partial charge in [-0.05, 0) is 43.2 Å². The van der Waals surface area contributed by atoms with Crippen LogP contribution in [0.1, 0.15) is 25.8 Å². The van der Waals surface area contributed by atoms with E-state index in [0.717, 1.165) is 6.42 Å². The molecule has 0 aliphatic rings. The quantitative estimate of drug-likeness (QED) is 0.545. The number of rotatable bonds is 8. The van der Waals surface area contributed by atoms with Gasteiger partial charge in [0.2, 0.25) is 10.0 Å². The van der Waals surface area contributed by atoms with E-state index in [9.17, 15) is 22.5 Å². The van der Waals surface area contributed by atoms with E-state index >= 15 is 0 Å². The fraction of sp³-hybridized carbons (Fsp3) is 0.286. The number of anilines is 1. The van der Waals surface area contributed by atoms with Crippen molar-refractivity contribution in [1.82, 2.24) is 4.57 Å². The van der Waals surface area contributed by atoms with Crippen molar-refractivity contribution >= 4 is 26.6 Å². The molecule has 0 aliphatic carbocycles. The summed E-state index contributed by atoms with van der Waals surface area (Å²) in [5.74, 6) is -0.0196. The van der Waals surface area contributed by atoms with E-state index in [1.54, 1.807) is 37.3 Å². The van der Waals surface area contributed by atoms with Crippen molar-refractivity contribution in [2.24, 2.45) is 0 Å². The van der Waals surface area contributed by atoms with Crippen LogP contribution in [0.5, 0.6) is 5.75 Å². The van der Waals surface area contributed by atoms with E-state index in [1.165, 1.54) is 12.1 Å². The van der Waals surface area contributed by atoms with Gasteiger partial charge in [-0.3, -0.25) is 4.72 Å². The Kier molecular flexibility index (Phi) is 6.27. The van der Waals surface area contributed by atoms with Crippen molar-refractivity contribution in [2.45, 2.75) is 33.4 Å². The van der Waals surface area contributed by atoms with Gasteiger partial charge < -0.3 is 9.30 Å². The topological polar surface area (TPSA) is 84.1 Å². The van der Waals surface area contributed by atoms with Gasteiger partial charge >= 0.3 is 6.61 Å². The molecule has 3 aromatic rings. The average Bonchev–Trinajstić information content (AvgIpc) is 3.01. The minimum absolute atomic E-state index is 0.0210. The van der Waals surface area contributed by atoms with Crippen LogP contribution in [0.2, 0.25) is 0 Å². The summed E-state index contributed by atoms with van der Waals surface area (Å²) in [5.41, 5.74) is 2.83. The second kappa shape index (κ2) is 8.71. The third-order valence-electron chi connectivity index (χ3n) is 4.63. The van der Waals surface area contributed by atoms with Crippen molar-refractivity contribution in [2.75, 3.05) is 10.5 Å². The standard InChI is InChI=1S/C21H21F2N3O3S/c1-3-11-26-19-12-16(29-21(22)23)9-10-17(19)18(13-24)20(26)14-5-7-15(8-6-14)25-30(27,28)4-2/h5-10,12,21,25H,3-4,11H2,1-2H3. The molecule has 0 unspecified atom stereocenters. The molecule has 1 N–H and O–H groups in total. The molecule has 2 aromatic carbocycles. The van der Waals surface area contributed by atoms with Crippen LogP contribution in [0.25, 0.3) is 22.2 Å². The first-order valence-electron chi connectivity index (χ1n) is 9.41. The zero-order valence-electron chi connectivity index (χ0n) is 16.5. The van der Waals surface area contributed by atoms with Crippen molar-refractivity contribution in [1.29, 1.82) is 5.26 Å². The highest BCUT2D eigenvalue weighted by Gasteiger charge is 2.20. The second-order valence-electron chi connectivity index (χ2n) is 6.63. The SMILES string of the molecule is CCCn1c(-c2ccc(NS(=O)(=O)CC)cc2)c(C#N)c2ccc(OC(F)F)cc21. The van der Waals surface area contributed by atoms with E-state index in [-0.39, 0.29) is 11.5 Å². The monoisotopic (exact) mass is 433 g/mol. The second-order valence-corrected chi connectivity index (χ2v) is 8.64. The van der Waals surface area contributed by atoms with Crippen LogP contribution >= 0.6 is 0 Å². The molecule has 0 spiro atoms. The summed E-state index contributed by atoms with van der Waals surface area (Å²) in [5, 5.41) is 10.4. The molecule has 0 saturated carbocycles. The average molecular weight is 433 g/mol. The molecule has 158 valence electrons. The first-order valence-corrected chi connectivity index (χ1v) is 11.1. The van der Waals surface area contributed by atoms with Crippen LogP contribution < -0.4 is 9.46 Å². The first-order chi connectivity index (χ1) is 14.3. The molecule has 1 aromatic heterocycles. The largest absolute Gasteiger partial charge is 0.435 e. The number of benzene rings is 2. The number of ether oxygens (including phenoxy) is 1. The van der Waals surface area contributed by atoms with E-state index in [4.69, 9.17) is 0 Å². The van der Waals surface area contributed by atoms with Crippen LogP contribution in [-0.2, 0) is 16.6 Å². The molecule has 6 nitrogen and oxygen atoms in total. The lowest BCUT2D eigenvalue weighted by molar-refractivity contribution is -0.0497. The minimum Gasteiger partial charge on any atom is -0.435 e. The summed E-state index contributed by atoms with van der Waals surface area (Å²) in [7, 11) is -3.40. The van der Waals surface area contributed by atoms with E-state index < -0.39 is 16.6 Å². The Morgan fingerprint density at radius 1 is 1.17 bits per heavy atom. The Balaban J connectivity index is 2.14. The fourth-order valence-corrected chi connectivity index (χ4v) is 3.96. The van der Waals surface area contributed by atoms with Crippen molar-refractivity contribution in [3.8, 4) is 23.1 Å². The van der Waals surface area contributed by atoms with E-state index in [0.29, 0.717) is 40.0 Å². The zero-order chi connectivity index (χ0) is 21.9. The number of aryl methyl sites for hydroxylation is 1. The van der Waals surface area contributed by atoms with Gasteiger partial charge in [-0.25, -0.2) is 8.42 Å². The van der Waals surface area contributed by atoms with Crippen molar-refractivity contribution in [3.05, 3.63) is 48.0 Å². The third-order valence-corrected chi connectivity index (χ3v) is 5.94. The molecule has 30 heavy (non-hydrogen) atoms. The Labute approximate surface area is 173 Å². The lowest BCUT2D eigenvalue weighted by Crippen LogP contribution is -2.14. The number of alkyl halides is 2. The van der Waals surface area contributed by atoms with Crippen LogP contribution in [0, 0.1) is 11.3 Å². The van der Waals surface area contributed by atoms with Gasteiger partial charge in [0.15, 0.2) is 0 Å². The summed E-state index contributed by atoms with van der Waals surface area (Å²) in [6.45, 7) is 1.15. The van der Waals surface area contributed by atoms with Crippen LogP contribution in [0.15, 0.2) is 42.5 Å². The van der Waals surface area contributed by atoms with E-state index in [2.05, 4.69) is 15.5 Å². The van der Waals surface area contributed by atoms with Crippen LogP contribution in [0.4, 0.5) is 14.5 Å². The maximum atomic E-state index is 12.6.